The van der Waals surface area contributed by atoms with E-state index in [1.165, 1.54) is 6.20 Å². The quantitative estimate of drug-likeness (QED) is 0.306. The molecule has 1 fully saturated rings. The minimum Gasteiger partial charge on any atom is -1.00 e. The number of rotatable bonds is 7. The highest BCUT2D eigenvalue weighted by molar-refractivity contribution is 5.90. The molecule has 8 nitrogen and oxygen atoms in total. The maximum atomic E-state index is 13.3. The lowest BCUT2D eigenvalue weighted by molar-refractivity contribution is -0.890. The van der Waals surface area contributed by atoms with E-state index in [0.29, 0.717) is 40.9 Å². The van der Waals surface area contributed by atoms with Gasteiger partial charge in [-0.25, -0.2) is 4.79 Å². The van der Waals surface area contributed by atoms with Crippen molar-refractivity contribution < 1.29 is 40.9 Å². The maximum Gasteiger partial charge on any atom is 0.348 e. The van der Waals surface area contributed by atoms with E-state index in [9.17, 15) is 14.7 Å². The van der Waals surface area contributed by atoms with Gasteiger partial charge in [-0.15, -0.1) is 5.10 Å². The van der Waals surface area contributed by atoms with E-state index in [2.05, 4.69) is 15.5 Å². The number of amides is 1. The first-order valence-electron chi connectivity index (χ1n) is 10.8. The zero-order valence-corrected chi connectivity index (χ0v) is 20.4. The number of benzene rings is 2. The molecule has 0 spiro atoms. The average molecular weight is 527 g/mol. The summed E-state index contributed by atoms with van der Waals surface area (Å²) in [5, 5.41) is 21.9. The summed E-state index contributed by atoms with van der Waals surface area (Å²) in [4.78, 5) is 25.8. The normalized spacial score (nSPS) is 19.6. The van der Waals surface area contributed by atoms with Gasteiger partial charge in [-0.1, -0.05) is 60.7 Å². The maximum absolute atomic E-state index is 13.3. The van der Waals surface area contributed by atoms with Crippen molar-refractivity contribution >= 4 is 17.7 Å². The third-order valence-corrected chi connectivity index (χ3v) is 5.95. The molecule has 2 atom stereocenters. The zero-order valence-electron chi connectivity index (χ0n) is 18.8. The number of esters is 1. The highest BCUT2D eigenvalue weighted by Crippen LogP contribution is 2.32. The van der Waals surface area contributed by atoms with E-state index in [4.69, 9.17) is 4.74 Å². The molecule has 34 heavy (non-hydrogen) atoms. The molecule has 1 aliphatic rings. The SMILES string of the molecule is C[N+]1(CC(=O)Nc2cccnn2)CC[C@@H](OC(=O)C(O)(c2ccccc2)c2ccccc2)C1.[Br-]. The van der Waals surface area contributed by atoms with Gasteiger partial charge in [0.1, 0.15) is 6.54 Å². The number of nitrogens with one attached hydrogen (secondary N) is 1. The van der Waals surface area contributed by atoms with E-state index >= 15 is 0 Å². The zero-order chi connectivity index (χ0) is 23.3. The largest absolute Gasteiger partial charge is 1.00 e. The number of likely N-dealkylation sites (N-methyl/N-ethyl adjacent to an activating group) is 1. The molecular weight excluding hydrogens is 500 g/mol. The van der Waals surface area contributed by atoms with Crippen LogP contribution in [0.3, 0.4) is 0 Å². The Bertz CT molecular complexity index is 1060. The van der Waals surface area contributed by atoms with Gasteiger partial charge in [0.05, 0.1) is 13.6 Å². The molecule has 0 aliphatic carbocycles. The van der Waals surface area contributed by atoms with Gasteiger partial charge in [0.15, 0.2) is 18.5 Å². The molecule has 0 bridgehead atoms. The Morgan fingerprint density at radius 1 is 1.06 bits per heavy atom. The van der Waals surface area contributed by atoms with Crippen LogP contribution in [-0.2, 0) is 19.9 Å². The lowest BCUT2D eigenvalue weighted by Gasteiger charge is -2.30. The summed E-state index contributed by atoms with van der Waals surface area (Å²) in [6.45, 7) is 1.35. The summed E-state index contributed by atoms with van der Waals surface area (Å²) >= 11 is 0. The van der Waals surface area contributed by atoms with Crippen LogP contribution in [0.4, 0.5) is 5.82 Å². The van der Waals surface area contributed by atoms with E-state index in [1.807, 2.05) is 19.2 Å². The Balaban J connectivity index is 0.00000324. The van der Waals surface area contributed by atoms with Crippen LogP contribution in [0.25, 0.3) is 0 Å². The smallest absolute Gasteiger partial charge is 0.348 e. The fraction of sp³-hybridized carbons (Fsp3) is 0.280. The van der Waals surface area contributed by atoms with E-state index < -0.39 is 17.7 Å². The molecule has 1 aromatic heterocycles. The molecule has 1 saturated heterocycles. The van der Waals surface area contributed by atoms with Crippen LogP contribution in [0.1, 0.15) is 17.5 Å². The van der Waals surface area contributed by atoms with Gasteiger partial charge in [-0.05, 0) is 23.3 Å². The summed E-state index contributed by atoms with van der Waals surface area (Å²) in [6, 6.07) is 21.0. The Morgan fingerprint density at radius 2 is 1.68 bits per heavy atom. The fourth-order valence-electron chi connectivity index (χ4n) is 4.26. The summed E-state index contributed by atoms with van der Waals surface area (Å²) in [5.74, 6) is -0.510. The molecule has 9 heteroatoms. The lowest BCUT2D eigenvalue weighted by atomic mass is 9.86. The molecule has 1 amide bonds. The third-order valence-electron chi connectivity index (χ3n) is 5.95. The Morgan fingerprint density at radius 3 is 2.24 bits per heavy atom. The molecule has 1 unspecified atom stereocenters. The van der Waals surface area contributed by atoms with Crippen molar-refractivity contribution in [2.24, 2.45) is 0 Å². The number of carbonyl (C=O) groups excluding carboxylic acids is 2. The molecule has 4 rings (SSSR count). The minimum atomic E-state index is -1.92. The van der Waals surface area contributed by atoms with Crippen LogP contribution in [0.2, 0.25) is 0 Å². The van der Waals surface area contributed by atoms with Crippen molar-refractivity contribution in [3.63, 3.8) is 0 Å². The monoisotopic (exact) mass is 526 g/mol. The number of hydrogen-bond acceptors (Lipinski definition) is 6. The number of quaternary nitrogens is 1. The summed E-state index contributed by atoms with van der Waals surface area (Å²) in [5.41, 5.74) is -1.03. The van der Waals surface area contributed by atoms with Gasteiger partial charge in [-0.2, -0.15) is 5.10 Å². The summed E-state index contributed by atoms with van der Waals surface area (Å²) < 4.78 is 6.24. The molecule has 1 aliphatic heterocycles. The number of likely N-dealkylation sites (tertiary alicyclic amines) is 1. The minimum absolute atomic E-state index is 0. The number of nitrogens with zero attached hydrogens (tertiary/aromatic N) is 3. The van der Waals surface area contributed by atoms with Crippen molar-refractivity contribution in [3.05, 3.63) is 90.1 Å². The highest BCUT2D eigenvalue weighted by atomic mass is 79.9. The molecule has 2 heterocycles. The van der Waals surface area contributed by atoms with Crippen molar-refractivity contribution in [2.75, 3.05) is 32.0 Å². The Kier molecular flexibility index (Phi) is 8.14. The van der Waals surface area contributed by atoms with Crippen LogP contribution in [0, 0.1) is 0 Å². The highest BCUT2D eigenvalue weighted by Gasteiger charge is 2.45. The van der Waals surface area contributed by atoms with Crippen LogP contribution in [-0.4, -0.2) is 64.4 Å². The summed E-state index contributed by atoms with van der Waals surface area (Å²) in [7, 11) is 1.95. The number of hydrogen-bond donors (Lipinski definition) is 2. The van der Waals surface area contributed by atoms with Gasteiger partial charge in [0, 0.05) is 12.6 Å². The van der Waals surface area contributed by atoms with Crippen molar-refractivity contribution in [1.29, 1.82) is 0 Å². The van der Waals surface area contributed by atoms with Crippen LogP contribution in [0.15, 0.2) is 79.0 Å². The molecule has 2 N–H and O–H groups in total. The number of aromatic nitrogens is 2. The number of halogens is 1. The van der Waals surface area contributed by atoms with Crippen molar-refractivity contribution in [3.8, 4) is 0 Å². The Hall–Kier alpha value is -3.14. The number of aliphatic hydroxyl groups is 1. The number of anilines is 1. The van der Waals surface area contributed by atoms with Crippen LogP contribution >= 0.6 is 0 Å². The first-order chi connectivity index (χ1) is 15.9. The molecule has 2 aromatic carbocycles. The third kappa shape index (κ3) is 5.67. The van der Waals surface area contributed by atoms with Gasteiger partial charge in [0.25, 0.3) is 5.91 Å². The predicted octanol–water partition coefficient (Wildman–Crippen LogP) is -0.883. The number of ether oxygens (including phenoxy) is 1. The van der Waals surface area contributed by atoms with Crippen LogP contribution < -0.4 is 22.3 Å². The molecule has 3 aromatic rings. The fourth-order valence-corrected chi connectivity index (χ4v) is 4.26. The number of carbonyl (C=O) groups is 2. The van der Waals surface area contributed by atoms with Crippen LogP contribution in [0.5, 0.6) is 0 Å². The van der Waals surface area contributed by atoms with E-state index in [-0.39, 0.29) is 29.4 Å². The summed E-state index contributed by atoms with van der Waals surface area (Å²) in [6.07, 6.45) is 1.72. The second kappa shape index (κ2) is 10.9. The lowest BCUT2D eigenvalue weighted by Crippen LogP contribution is -3.00. The molecule has 0 radical (unpaired) electrons. The van der Waals surface area contributed by atoms with E-state index in [1.54, 1.807) is 60.7 Å². The first kappa shape index (κ1) is 25.5. The topological polar surface area (TPSA) is 101 Å². The van der Waals surface area contributed by atoms with Crippen molar-refractivity contribution in [2.45, 2.75) is 18.1 Å². The molecule has 178 valence electrons. The second-order valence-corrected chi connectivity index (χ2v) is 8.60. The van der Waals surface area contributed by atoms with E-state index in [0.717, 1.165) is 0 Å². The van der Waals surface area contributed by atoms with Gasteiger partial charge >= 0.3 is 5.97 Å². The van der Waals surface area contributed by atoms with Gasteiger partial charge < -0.3 is 36.6 Å². The first-order valence-corrected chi connectivity index (χ1v) is 10.8. The van der Waals surface area contributed by atoms with Gasteiger partial charge in [-0.3, -0.25) is 4.79 Å². The Labute approximate surface area is 208 Å². The molecular formula is C25H27BrN4O4. The van der Waals surface area contributed by atoms with Gasteiger partial charge in [0.2, 0.25) is 5.60 Å². The average Bonchev–Trinajstić information content (AvgIpc) is 3.19. The second-order valence-electron chi connectivity index (χ2n) is 8.60. The predicted molar refractivity (Wildman–Crippen MR) is 122 cm³/mol. The standard InChI is InChI=1S/C25H26N4O4.BrH/c1-29(18-23(30)27-22-13-8-15-26-28-22)16-14-21(17-29)33-24(31)25(32,19-9-4-2-5-10-19)20-11-6-3-7-12-20;/h2-13,15,21,32H,14,16-18H2,1H3;1H/t21-,29?;/m1./s1. The van der Waals surface area contributed by atoms with Crippen molar-refractivity contribution in [1.82, 2.24) is 10.2 Å². The molecule has 0 saturated carbocycles.